The van der Waals surface area contributed by atoms with Crippen molar-refractivity contribution in [3.8, 4) is 5.95 Å². The van der Waals surface area contributed by atoms with Crippen LogP contribution in [0.4, 0.5) is 14.6 Å². The molecular weight excluding hydrogens is 504 g/mol. The monoisotopic (exact) mass is 539 g/mol. The Kier molecular flexibility index (Phi) is 6.51. The topological polar surface area (TPSA) is 91.2 Å². The molecule has 10 nitrogen and oxygen atoms in total. The third kappa shape index (κ3) is 5.08. The number of para-hydroxylation sites is 2. The van der Waals surface area contributed by atoms with Gasteiger partial charge < -0.3 is 14.6 Å². The van der Waals surface area contributed by atoms with Gasteiger partial charge in [0.25, 0.3) is 0 Å². The highest BCUT2D eigenvalue weighted by Crippen LogP contribution is 2.33. The Labute approximate surface area is 226 Å². The van der Waals surface area contributed by atoms with Gasteiger partial charge >= 0.3 is 5.92 Å². The molecule has 208 valence electrons. The Morgan fingerprint density at radius 2 is 1.62 bits per heavy atom. The Morgan fingerprint density at radius 1 is 0.897 bits per heavy atom. The predicted molar refractivity (Wildman–Crippen MR) is 146 cm³/mol. The van der Waals surface area contributed by atoms with Gasteiger partial charge in [-0.2, -0.15) is 18.7 Å². The maximum atomic E-state index is 14.8. The lowest BCUT2D eigenvalue weighted by molar-refractivity contribution is 0.00650. The molecule has 1 aromatic carbocycles. The molecule has 4 aromatic rings. The minimum atomic E-state index is -3.19. The van der Waals surface area contributed by atoms with E-state index in [0.717, 1.165) is 38.9 Å². The minimum absolute atomic E-state index is 0.142. The van der Waals surface area contributed by atoms with Crippen LogP contribution in [0.3, 0.4) is 0 Å². The van der Waals surface area contributed by atoms with E-state index in [2.05, 4.69) is 45.4 Å². The van der Waals surface area contributed by atoms with Crippen molar-refractivity contribution in [3.05, 3.63) is 35.9 Å². The second-order valence-corrected chi connectivity index (χ2v) is 11.4. The maximum Gasteiger partial charge on any atom is 0.302 e. The molecule has 2 aliphatic heterocycles. The van der Waals surface area contributed by atoms with Gasteiger partial charge in [-0.25, -0.2) is 9.97 Å². The molecule has 0 atom stereocenters. The Hall–Kier alpha value is -3.22. The number of imidazole rings is 2. The molecule has 0 saturated carbocycles. The second-order valence-electron chi connectivity index (χ2n) is 11.4. The van der Waals surface area contributed by atoms with Crippen LogP contribution in [0.25, 0.3) is 28.1 Å². The molecule has 2 aliphatic rings. The fourth-order valence-corrected chi connectivity index (χ4v) is 5.40. The molecule has 0 aliphatic carbocycles. The fraction of sp³-hybridized carbons (Fsp3) is 0.556. The number of hydrogen-bond donors (Lipinski definition) is 1. The Balaban J connectivity index is 1.41. The predicted octanol–water partition coefficient (Wildman–Crippen LogP) is 3.56. The first-order valence-corrected chi connectivity index (χ1v) is 13.5. The zero-order valence-corrected chi connectivity index (χ0v) is 22.9. The molecule has 39 heavy (non-hydrogen) atoms. The van der Waals surface area contributed by atoms with E-state index < -0.39 is 11.7 Å². The number of alkyl halides is 2. The summed E-state index contributed by atoms with van der Waals surface area (Å²) < 4.78 is 36.5. The first-order chi connectivity index (χ1) is 18.6. The highest BCUT2D eigenvalue weighted by molar-refractivity contribution is 5.85. The lowest BCUT2D eigenvalue weighted by Crippen LogP contribution is -2.53. The molecule has 12 heteroatoms. The standard InChI is InChI=1S/C27H35F2N9O/c1-26(2,3)37-11-9-35(10-12-37)17-20-31-21-22(32-20)33-25(34-23(21)36-13-15-39-16-14-36)38-19-8-6-5-7-18(19)30-24(38)27(4,28)29/h5-8H,9-17H2,1-4H3,(H,31,32,33,34). The number of nitrogens with one attached hydrogen (secondary N) is 1. The molecule has 0 amide bonds. The van der Waals surface area contributed by atoms with Gasteiger partial charge in [-0.1, -0.05) is 12.1 Å². The molecular formula is C27H35F2N9O. The van der Waals surface area contributed by atoms with Crippen LogP contribution in [-0.2, 0) is 17.2 Å². The summed E-state index contributed by atoms with van der Waals surface area (Å²) in [5, 5.41) is 0. The normalized spacial score (nSPS) is 18.5. The Bertz CT molecular complexity index is 1470. The van der Waals surface area contributed by atoms with Crippen molar-refractivity contribution in [2.24, 2.45) is 0 Å². The molecule has 0 unspecified atom stereocenters. The van der Waals surface area contributed by atoms with Gasteiger partial charge in [-0.15, -0.1) is 0 Å². The lowest BCUT2D eigenvalue weighted by Gasteiger charge is -2.42. The largest absolute Gasteiger partial charge is 0.378 e. The number of halogens is 2. The summed E-state index contributed by atoms with van der Waals surface area (Å²) in [6.45, 7) is 14.5. The number of aromatic amines is 1. The van der Waals surface area contributed by atoms with Crippen molar-refractivity contribution in [1.29, 1.82) is 0 Å². The van der Waals surface area contributed by atoms with Crippen LogP contribution in [0.1, 0.15) is 39.3 Å². The highest BCUT2D eigenvalue weighted by atomic mass is 19.3. The van der Waals surface area contributed by atoms with E-state index in [1.807, 2.05) is 0 Å². The third-order valence-electron chi connectivity index (χ3n) is 7.52. The van der Waals surface area contributed by atoms with E-state index in [9.17, 15) is 8.78 Å². The van der Waals surface area contributed by atoms with Crippen LogP contribution in [0.2, 0.25) is 0 Å². The first-order valence-electron chi connectivity index (χ1n) is 13.5. The number of piperazine rings is 1. The van der Waals surface area contributed by atoms with Crippen LogP contribution in [0.15, 0.2) is 24.3 Å². The molecule has 1 N–H and O–H groups in total. The van der Waals surface area contributed by atoms with Gasteiger partial charge in [-0.3, -0.25) is 14.4 Å². The van der Waals surface area contributed by atoms with Crippen LogP contribution >= 0.6 is 0 Å². The first kappa shape index (κ1) is 26.0. The van der Waals surface area contributed by atoms with Crippen molar-refractivity contribution < 1.29 is 13.5 Å². The molecule has 2 fully saturated rings. The molecule has 3 aromatic heterocycles. The zero-order valence-electron chi connectivity index (χ0n) is 22.9. The molecule has 0 spiro atoms. The van der Waals surface area contributed by atoms with Gasteiger partial charge in [0, 0.05) is 51.7 Å². The van der Waals surface area contributed by atoms with Crippen molar-refractivity contribution in [2.45, 2.75) is 45.7 Å². The summed E-state index contributed by atoms with van der Waals surface area (Å²) in [5.41, 5.74) is 2.30. The van der Waals surface area contributed by atoms with E-state index in [1.54, 1.807) is 24.3 Å². The van der Waals surface area contributed by atoms with Crippen molar-refractivity contribution in [3.63, 3.8) is 0 Å². The fourth-order valence-electron chi connectivity index (χ4n) is 5.40. The summed E-state index contributed by atoms with van der Waals surface area (Å²) in [5.74, 6) is -2.05. The second kappa shape index (κ2) is 9.76. The van der Waals surface area contributed by atoms with Crippen molar-refractivity contribution in [1.82, 2.24) is 39.3 Å². The molecule has 2 saturated heterocycles. The summed E-state index contributed by atoms with van der Waals surface area (Å²) in [4.78, 5) is 29.1. The van der Waals surface area contributed by atoms with Gasteiger partial charge in [0.2, 0.25) is 5.95 Å². The van der Waals surface area contributed by atoms with Crippen molar-refractivity contribution in [2.75, 3.05) is 57.4 Å². The number of aromatic nitrogens is 6. The average Bonchev–Trinajstić information content (AvgIpc) is 3.49. The quantitative estimate of drug-likeness (QED) is 0.412. The number of nitrogens with zero attached hydrogens (tertiary/aromatic N) is 8. The van der Waals surface area contributed by atoms with Crippen LogP contribution < -0.4 is 4.90 Å². The van der Waals surface area contributed by atoms with Crippen LogP contribution in [-0.4, -0.2) is 97.3 Å². The van der Waals surface area contributed by atoms with E-state index in [1.165, 1.54) is 4.57 Å². The number of H-pyrrole nitrogens is 1. The molecule has 0 radical (unpaired) electrons. The van der Waals surface area contributed by atoms with Gasteiger partial charge in [-0.05, 0) is 32.9 Å². The summed E-state index contributed by atoms with van der Waals surface area (Å²) in [6, 6.07) is 7.06. The highest BCUT2D eigenvalue weighted by Gasteiger charge is 2.34. The minimum Gasteiger partial charge on any atom is -0.378 e. The number of benzene rings is 1. The smallest absolute Gasteiger partial charge is 0.302 e. The third-order valence-corrected chi connectivity index (χ3v) is 7.52. The summed E-state index contributed by atoms with van der Waals surface area (Å²) in [6.07, 6.45) is 0. The maximum absolute atomic E-state index is 14.8. The average molecular weight is 540 g/mol. The lowest BCUT2D eigenvalue weighted by atomic mass is 10.1. The molecule has 0 bridgehead atoms. The van der Waals surface area contributed by atoms with E-state index in [0.29, 0.717) is 60.9 Å². The van der Waals surface area contributed by atoms with Crippen LogP contribution in [0, 0.1) is 0 Å². The van der Waals surface area contributed by atoms with E-state index in [-0.39, 0.29) is 11.5 Å². The number of hydrogen-bond acceptors (Lipinski definition) is 8. The van der Waals surface area contributed by atoms with Crippen molar-refractivity contribution >= 4 is 28.0 Å². The number of ether oxygens (including phenoxy) is 1. The van der Waals surface area contributed by atoms with Gasteiger partial charge in [0.1, 0.15) is 5.82 Å². The van der Waals surface area contributed by atoms with E-state index >= 15 is 0 Å². The number of morpholine rings is 1. The van der Waals surface area contributed by atoms with Gasteiger partial charge in [0.15, 0.2) is 22.8 Å². The SMILES string of the molecule is CC(F)(F)c1nc2ccccc2n1-c1nc(N2CCOCC2)c2nc(CN3CCN(C(C)(C)C)CC3)[nH]c2n1. The number of fused-ring (bicyclic) bond motifs is 2. The van der Waals surface area contributed by atoms with E-state index in [4.69, 9.17) is 19.7 Å². The summed E-state index contributed by atoms with van der Waals surface area (Å²) >= 11 is 0. The van der Waals surface area contributed by atoms with Crippen LogP contribution in [0.5, 0.6) is 0 Å². The summed E-state index contributed by atoms with van der Waals surface area (Å²) in [7, 11) is 0. The number of rotatable bonds is 5. The number of anilines is 1. The van der Waals surface area contributed by atoms with Gasteiger partial charge in [0.05, 0.1) is 30.8 Å². The molecule has 6 rings (SSSR count). The zero-order chi connectivity index (χ0) is 27.4. The molecule has 5 heterocycles. The Morgan fingerprint density at radius 3 is 2.31 bits per heavy atom.